The second kappa shape index (κ2) is 10.9. The van der Waals surface area contributed by atoms with Crippen molar-refractivity contribution in [2.45, 2.75) is 38.6 Å². The molecule has 2 aromatic rings. The fraction of sp³-hybridized carbons (Fsp3) is 0.440. The van der Waals surface area contributed by atoms with Crippen molar-refractivity contribution >= 4 is 15.9 Å². The number of rotatable bonds is 7. The molecular formula is C25H32N4O3S. The maximum atomic E-state index is 13.3. The van der Waals surface area contributed by atoms with Crippen LogP contribution in [0.5, 0.6) is 0 Å². The Morgan fingerprint density at radius 2 is 1.73 bits per heavy atom. The van der Waals surface area contributed by atoms with Gasteiger partial charge in [-0.1, -0.05) is 32.0 Å². The van der Waals surface area contributed by atoms with Gasteiger partial charge in [0.2, 0.25) is 10.0 Å². The molecule has 0 aromatic heterocycles. The topological polar surface area (TPSA) is 84.7 Å². The van der Waals surface area contributed by atoms with Crippen molar-refractivity contribution in [2.24, 2.45) is 0 Å². The van der Waals surface area contributed by atoms with E-state index >= 15 is 0 Å². The molecule has 0 N–H and O–H groups in total. The molecule has 1 heterocycles. The van der Waals surface area contributed by atoms with Crippen molar-refractivity contribution in [3.8, 4) is 6.07 Å². The molecule has 0 saturated carbocycles. The van der Waals surface area contributed by atoms with Crippen LogP contribution in [0.25, 0.3) is 0 Å². The maximum Gasteiger partial charge on any atom is 0.253 e. The zero-order chi connectivity index (χ0) is 24.0. The fourth-order valence-electron chi connectivity index (χ4n) is 4.17. The summed E-state index contributed by atoms with van der Waals surface area (Å²) in [5, 5.41) is 8.96. The molecule has 0 aliphatic carbocycles. The quantitative estimate of drug-likeness (QED) is 0.623. The van der Waals surface area contributed by atoms with E-state index in [1.807, 2.05) is 43.0 Å². The molecule has 2 aromatic carbocycles. The number of carbonyl (C=O) groups is 1. The molecule has 1 saturated heterocycles. The molecule has 33 heavy (non-hydrogen) atoms. The zero-order valence-electron chi connectivity index (χ0n) is 19.6. The Hall–Kier alpha value is -2.73. The van der Waals surface area contributed by atoms with Crippen LogP contribution in [0, 0.1) is 18.3 Å². The predicted octanol–water partition coefficient (Wildman–Crippen LogP) is 3.25. The van der Waals surface area contributed by atoms with Gasteiger partial charge in [0.15, 0.2) is 0 Å². The van der Waals surface area contributed by atoms with Crippen molar-refractivity contribution < 1.29 is 13.2 Å². The summed E-state index contributed by atoms with van der Waals surface area (Å²) in [7, 11) is -3.64. The fourth-order valence-corrected chi connectivity index (χ4v) is 5.88. The number of nitriles is 1. The van der Waals surface area contributed by atoms with Gasteiger partial charge in [-0.2, -0.15) is 9.57 Å². The minimum Gasteiger partial charge on any atom is -0.337 e. The summed E-state index contributed by atoms with van der Waals surface area (Å²) in [6.07, 6.45) is 0.846. The lowest BCUT2D eigenvalue weighted by atomic mass is 10.1. The van der Waals surface area contributed by atoms with Crippen molar-refractivity contribution in [1.82, 2.24) is 14.1 Å². The predicted molar refractivity (Wildman–Crippen MR) is 128 cm³/mol. The van der Waals surface area contributed by atoms with E-state index in [2.05, 4.69) is 11.0 Å². The van der Waals surface area contributed by atoms with Gasteiger partial charge in [-0.05, 0) is 48.7 Å². The summed E-state index contributed by atoms with van der Waals surface area (Å²) in [5.41, 5.74) is 2.83. The number of hydrogen-bond donors (Lipinski definition) is 0. The summed E-state index contributed by atoms with van der Waals surface area (Å²) in [6.45, 7) is 9.76. The summed E-state index contributed by atoms with van der Waals surface area (Å²) in [4.78, 5) is 17.6. The minimum atomic E-state index is -3.64. The van der Waals surface area contributed by atoms with E-state index in [4.69, 9.17) is 5.26 Å². The Labute approximate surface area is 197 Å². The van der Waals surface area contributed by atoms with Crippen LogP contribution in [0.15, 0.2) is 47.4 Å². The van der Waals surface area contributed by atoms with Crippen LogP contribution in [-0.2, 0) is 16.6 Å². The largest absolute Gasteiger partial charge is 0.337 e. The van der Waals surface area contributed by atoms with Gasteiger partial charge in [0.05, 0.1) is 16.5 Å². The molecule has 0 unspecified atom stereocenters. The Balaban J connectivity index is 1.72. The molecule has 8 heteroatoms. The summed E-state index contributed by atoms with van der Waals surface area (Å²) in [6, 6.07) is 14.7. The highest BCUT2D eigenvalue weighted by Crippen LogP contribution is 2.22. The first-order chi connectivity index (χ1) is 15.8. The van der Waals surface area contributed by atoms with E-state index in [-0.39, 0.29) is 10.8 Å². The third-order valence-electron chi connectivity index (χ3n) is 6.12. The normalized spacial score (nSPS) is 15.3. The van der Waals surface area contributed by atoms with Gasteiger partial charge in [-0.25, -0.2) is 8.42 Å². The zero-order valence-corrected chi connectivity index (χ0v) is 20.4. The first-order valence-electron chi connectivity index (χ1n) is 11.4. The highest BCUT2D eigenvalue weighted by Gasteiger charge is 2.26. The smallest absolute Gasteiger partial charge is 0.253 e. The maximum absolute atomic E-state index is 13.3. The summed E-state index contributed by atoms with van der Waals surface area (Å²) >= 11 is 0. The third-order valence-corrected chi connectivity index (χ3v) is 8.32. The number of amides is 1. The van der Waals surface area contributed by atoms with Gasteiger partial charge in [-0.15, -0.1) is 0 Å². The first-order valence-corrected chi connectivity index (χ1v) is 12.9. The van der Waals surface area contributed by atoms with Crippen LogP contribution in [0.2, 0.25) is 0 Å². The van der Waals surface area contributed by atoms with Crippen molar-refractivity contribution in [3.63, 3.8) is 0 Å². The van der Waals surface area contributed by atoms with Gasteiger partial charge in [-0.3, -0.25) is 9.69 Å². The molecule has 1 fully saturated rings. The van der Waals surface area contributed by atoms with E-state index in [1.165, 1.54) is 10.4 Å². The van der Waals surface area contributed by atoms with Gasteiger partial charge >= 0.3 is 0 Å². The van der Waals surface area contributed by atoms with E-state index in [1.54, 1.807) is 19.1 Å². The molecule has 176 valence electrons. The molecule has 0 spiro atoms. The van der Waals surface area contributed by atoms with Gasteiger partial charge in [0, 0.05) is 51.4 Å². The Kier molecular flexibility index (Phi) is 8.25. The van der Waals surface area contributed by atoms with Gasteiger partial charge in [0.1, 0.15) is 0 Å². The Morgan fingerprint density at radius 3 is 2.36 bits per heavy atom. The van der Waals surface area contributed by atoms with Crippen molar-refractivity contribution in [2.75, 3.05) is 39.3 Å². The van der Waals surface area contributed by atoms with Gasteiger partial charge in [0.25, 0.3) is 5.91 Å². The number of hydrogen-bond acceptors (Lipinski definition) is 5. The number of sulfonamides is 1. The molecule has 1 aliphatic rings. The first kappa shape index (κ1) is 24.9. The van der Waals surface area contributed by atoms with Crippen LogP contribution in [0.4, 0.5) is 0 Å². The van der Waals surface area contributed by atoms with Crippen molar-refractivity contribution in [3.05, 3.63) is 64.7 Å². The monoisotopic (exact) mass is 468 g/mol. The molecule has 0 radical (unpaired) electrons. The lowest BCUT2D eigenvalue weighted by Crippen LogP contribution is -2.35. The van der Waals surface area contributed by atoms with E-state index in [0.717, 1.165) is 31.6 Å². The second-order valence-corrected chi connectivity index (χ2v) is 10.2. The van der Waals surface area contributed by atoms with Crippen LogP contribution in [-0.4, -0.2) is 67.7 Å². The molecule has 0 bridgehead atoms. The molecule has 0 atom stereocenters. The number of aryl methyl sites for hydroxylation is 1. The lowest BCUT2D eigenvalue weighted by Gasteiger charge is -2.23. The lowest BCUT2D eigenvalue weighted by molar-refractivity contribution is 0.0761. The van der Waals surface area contributed by atoms with E-state index < -0.39 is 10.0 Å². The molecule has 7 nitrogen and oxygen atoms in total. The molecule has 3 rings (SSSR count). The van der Waals surface area contributed by atoms with Crippen molar-refractivity contribution in [1.29, 1.82) is 5.26 Å². The SMILES string of the molecule is CCN(CC)S(=O)(=O)c1cc(C(=O)N2CCCN(Cc3ccc(C#N)cc3)CC2)ccc1C. The molecular weight excluding hydrogens is 436 g/mol. The Morgan fingerprint density at radius 1 is 1.03 bits per heavy atom. The van der Waals surface area contributed by atoms with Gasteiger partial charge < -0.3 is 4.90 Å². The highest BCUT2D eigenvalue weighted by atomic mass is 32.2. The number of carbonyl (C=O) groups excluding carboxylic acids is 1. The summed E-state index contributed by atoms with van der Waals surface area (Å²) in [5.74, 6) is -0.133. The molecule has 1 aliphatic heterocycles. The average Bonchev–Trinajstić information content (AvgIpc) is 3.05. The standard InChI is InChI=1S/C25H32N4O3S/c1-4-29(5-2)33(31,32)24-17-23(12-7-20(24)3)25(30)28-14-6-13-27(15-16-28)19-22-10-8-21(18-26)9-11-22/h7-12,17H,4-6,13-16,19H2,1-3H3. The van der Waals surface area contributed by atoms with Crippen LogP contribution in [0.1, 0.15) is 47.3 Å². The third kappa shape index (κ3) is 5.80. The number of benzene rings is 2. The van der Waals surface area contributed by atoms with E-state index in [0.29, 0.717) is 42.9 Å². The average molecular weight is 469 g/mol. The van der Waals surface area contributed by atoms with Crippen LogP contribution >= 0.6 is 0 Å². The molecule has 1 amide bonds. The highest BCUT2D eigenvalue weighted by molar-refractivity contribution is 7.89. The van der Waals surface area contributed by atoms with Crippen LogP contribution in [0.3, 0.4) is 0 Å². The second-order valence-electron chi connectivity index (χ2n) is 8.30. The number of nitrogens with zero attached hydrogens (tertiary/aromatic N) is 4. The van der Waals surface area contributed by atoms with E-state index in [9.17, 15) is 13.2 Å². The minimum absolute atomic E-state index is 0.133. The summed E-state index contributed by atoms with van der Waals surface area (Å²) < 4.78 is 27.5. The van der Waals surface area contributed by atoms with Crippen LogP contribution < -0.4 is 0 Å². The Bertz CT molecular complexity index is 1120.